The molecule has 144 valence electrons. The fourth-order valence-corrected chi connectivity index (χ4v) is 2.93. The second kappa shape index (κ2) is 7.89. The third kappa shape index (κ3) is 4.80. The summed E-state index contributed by atoms with van der Waals surface area (Å²) in [6.07, 6.45) is 0. The summed E-state index contributed by atoms with van der Waals surface area (Å²) in [6, 6.07) is 16.4. The summed E-state index contributed by atoms with van der Waals surface area (Å²) < 4.78 is 36.7. The predicted molar refractivity (Wildman–Crippen MR) is 107 cm³/mol. The van der Waals surface area contributed by atoms with Gasteiger partial charge in [-0.05, 0) is 66.7 Å². The van der Waals surface area contributed by atoms with Crippen LogP contribution in [0.4, 0.5) is 11.4 Å². The molecule has 0 aliphatic carbocycles. The van der Waals surface area contributed by atoms with Gasteiger partial charge in [-0.3, -0.25) is 9.35 Å². The van der Waals surface area contributed by atoms with Crippen molar-refractivity contribution in [2.75, 3.05) is 11.1 Å². The van der Waals surface area contributed by atoms with Gasteiger partial charge in [-0.2, -0.15) is 8.42 Å². The Bertz CT molecular complexity index is 1110. The van der Waals surface area contributed by atoms with Crippen LogP contribution in [0.25, 0.3) is 0 Å². The zero-order chi connectivity index (χ0) is 20.3. The van der Waals surface area contributed by atoms with Gasteiger partial charge in [0.05, 0.1) is 10.6 Å². The molecule has 3 aromatic rings. The monoisotopic (exact) mass is 418 g/mol. The van der Waals surface area contributed by atoms with E-state index in [2.05, 4.69) is 5.32 Å². The Kier molecular flexibility index (Phi) is 5.55. The van der Waals surface area contributed by atoms with E-state index in [9.17, 15) is 13.2 Å². The second-order valence-corrected chi connectivity index (χ2v) is 7.62. The zero-order valence-corrected chi connectivity index (χ0v) is 15.9. The number of anilines is 2. The molecule has 3 aromatic carbocycles. The summed E-state index contributed by atoms with van der Waals surface area (Å²) in [5.74, 6) is 0.493. The first-order chi connectivity index (χ1) is 13.2. The molecule has 4 N–H and O–H groups in total. The molecule has 0 aromatic heterocycles. The van der Waals surface area contributed by atoms with Crippen LogP contribution in [0.5, 0.6) is 11.5 Å². The number of halogens is 1. The van der Waals surface area contributed by atoms with Crippen LogP contribution < -0.4 is 15.8 Å². The van der Waals surface area contributed by atoms with Crippen LogP contribution in [0.2, 0.25) is 5.02 Å². The first kappa shape index (κ1) is 19.7. The number of nitrogen functional groups attached to an aromatic ring is 1. The Labute approximate surface area is 166 Å². The number of amides is 1. The van der Waals surface area contributed by atoms with Crippen LogP contribution >= 0.6 is 11.6 Å². The van der Waals surface area contributed by atoms with Crippen LogP contribution in [0.15, 0.2) is 71.6 Å². The lowest BCUT2D eigenvalue weighted by Crippen LogP contribution is -2.12. The van der Waals surface area contributed by atoms with Crippen LogP contribution in [-0.2, 0) is 10.1 Å². The maximum Gasteiger partial charge on any atom is 0.294 e. The Balaban J connectivity index is 1.72. The Morgan fingerprint density at radius 2 is 1.64 bits per heavy atom. The van der Waals surface area contributed by atoms with Gasteiger partial charge >= 0.3 is 0 Å². The second-order valence-electron chi connectivity index (χ2n) is 5.76. The van der Waals surface area contributed by atoms with Gasteiger partial charge < -0.3 is 15.8 Å². The number of ether oxygens (including phenoxy) is 1. The molecule has 7 nitrogen and oxygen atoms in total. The summed E-state index contributed by atoms with van der Waals surface area (Å²) in [6.45, 7) is 0. The van der Waals surface area contributed by atoms with Gasteiger partial charge in [0, 0.05) is 16.3 Å². The smallest absolute Gasteiger partial charge is 0.294 e. The molecule has 0 radical (unpaired) electrons. The number of nitrogens with one attached hydrogen (secondary N) is 1. The minimum absolute atomic E-state index is 0.265. The molecule has 9 heteroatoms. The summed E-state index contributed by atoms with van der Waals surface area (Å²) in [4.78, 5) is 12.1. The molecule has 0 saturated heterocycles. The van der Waals surface area contributed by atoms with Crippen molar-refractivity contribution in [1.82, 2.24) is 0 Å². The quantitative estimate of drug-likeness (QED) is 0.421. The minimum Gasteiger partial charge on any atom is -0.455 e. The lowest BCUT2D eigenvalue weighted by molar-refractivity contribution is 0.102. The van der Waals surface area contributed by atoms with E-state index in [4.69, 9.17) is 26.6 Å². The van der Waals surface area contributed by atoms with Gasteiger partial charge in [-0.1, -0.05) is 11.6 Å². The van der Waals surface area contributed by atoms with Gasteiger partial charge in [0.15, 0.2) is 0 Å². The SMILES string of the molecule is Nc1cc(C(=O)Nc2ccc(S(=O)(=O)O)cc2)ccc1Oc1ccc(Cl)cc1. The first-order valence-corrected chi connectivity index (χ1v) is 9.76. The number of benzene rings is 3. The standard InChI is InChI=1S/C19H15ClN2O5S/c20-13-2-6-15(7-3-13)27-18-10-1-12(11-17(18)21)19(23)22-14-4-8-16(9-5-14)28(24,25)26/h1-11H,21H2,(H,22,23)(H,24,25,26). The van der Waals surface area contributed by atoms with E-state index in [1.807, 2.05) is 0 Å². The molecule has 0 bridgehead atoms. The molecule has 0 aliphatic heterocycles. The molecule has 28 heavy (non-hydrogen) atoms. The summed E-state index contributed by atoms with van der Waals surface area (Å²) in [7, 11) is -4.29. The van der Waals surface area contributed by atoms with Crippen molar-refractivity contribution in [2.24, 2.45) is 0 Å². The van der Waals surface area contributed by atoms with E-state index >= 15 is 0 Å². The van der Waals surface area contributed by atoms with Gasteiger partial charge in [0.1, 0.15) is 11.5 Å². The first-order valence-electron chi connectivity index (χ1n) is 7.94. The number of carbonyl (C=O) groups excluding carboxylic acids is 1. The van der Waals surface area contributed by atoms with Gasteiger partial charge in [-0.15, -0.1) is 0 Å². The third-order valence-electron chi connectivity index (χ3n) is 3.72. The minimum atomic E-state index is -4.29. The molecular formula is C19H15ClN2O5S. The number of carbonyl (C=O) groups is 1. The lowest BCUT2D eigenvalue weighted by atomic mass is 10.1. The number of hydrogen-bond acceptors (Lipinski definition) is 5. The third-order valence-corrected chi connectivity index (χ3v) is 4.84. The highest BCUT2D eigenvalue weighted by Gasteiger charge is 2.12. The van der Waals surface area contributed by atoms with Crippen molar-refractivity contribution in [2.45, 2.75) is 4.90 Å². The highest BCUT2D eigenvalue weighted by Crippen LogP contribution is 2.29. The average molecular weight is 419 g/mol. The molecular weight excluding hydrogens is 404 g/mol. The van der Waals surface area contributed by atoms with Gasteiger partial charge in [0.25, 0.3) is 16.0 Å². The largest absolute Gasteiger partial charge is 0.455 e. The fourth-order valence-electron chi connectivity index (χ4n) is 2.33. The number of nitrogens with two attached hydrogens (primary N) is 1. The average Bonchev–Trinajstić information content (AvgIpc) is 2.65. The van der Waals surface area contributed by atoms with E-state index in [0.29, 0.717) is 27.8 Å². The number of rotatable bonds is 5. The topological polar surface area (TPSA) is 119 Å². The molecule has 3 rings (SSSR count). The fraction of sp³-hybridized carbons (Fsp3) is 0. The Morgan fingerprint density at radius 1 is 1.00 bits per heavy atom. The van der Waals surface area contributed by atoms with Gasteiger partial charge in [-0.25, -0.2) is 0 Å². The summed E-state index contributed by atoms with van der Waals surface area (Å²) in [5.41, 5.74) is 6.89. The van der Waals surface area contributed by atoms with Crippen molar-refractivity contribution in [3.8, 4) is 11.5 Å². The molecule has 0 atom stereocenters. The molecule has 0 unspecified atom stereocenters. The molecule has 0 heterocycles. The maximum atomic E-state index is 12.4. The predicted octanol–water partition coefficient (Wildman–Crippen LogP) is 4.21. The molecule has 1 amide bonds. The molecule has 0 saturated carbocycles. The number of hydrogen-bond donors (Lipinski definition) is 3. The maximum absolute atomic E-state index is 12.4. The molecule has 0 aliphatic rings. The highest BCUT2D eigenvalue weighted by atomic mass is 35.5. The van der Waals surface area contributed by atoms with E-state index in [0.717, 1.165) is 0 Å². The van der Waals surface area contributed by atoms with E-state index < -0.39 is 16.0 Å². The van der Waals surface area contributed by atoms with E-state index in [1.165, 1.54) is 30.3 Å². The van der Waals surface area contributed by atoms with Crippen molar-refractivity contribution in [3.05, 3.63) is 77.3 Å². The lowest BCUT2D eigenvalue weighted by Gasteiger charge is -2.11. The van der Waals surface area contributed by atoms with Crippen molar-refractivity contribution >= 4 is 39.0 Å². The summed E-state index contributed by atoms with van der Waals surface area (Å²) in [5, 5.41) is 3.19. The van der Waals surface area contributed by atoms with Crippen LogP contribution in [0, 0.1) is 0 Å². The summed E-state index contributed by atoms with van der Waals surface area (Å²) >= 11 is 5.83. The molecule has 0 spiro atoms. The Morgan fingerprint density at radius 3 is 2.21 bits per heavy atom. The zero-order valence-electron chi connectivity index (χ0n) is 14.3. The van der Waals surface area contributed by atoms with Crippen LogP contribution in [-0.4, -0.2) is 18.9 Å². The van der Waals surface area contributed by atoms with Crippen molar-refractivity contribution in [1.29, 1.82) is 0 Å². The highest BCUT2D eigenvalue weighted by molar-refractivity contribution is 7.85. The molecule has 0 fully saturated rings. The van der Waals surface area contributed by atoms with Crippen LogP contribution in [0.1, 0.15) is 10.4 Å². The van der Waals surface area contributed by atoms with Crippen LogP contribution in [0.3, 0.4) is 0 Å². The van der Waals surface area contributed by atoms with Crippen molar-refractivity contribution in [3.63, 3.8) is 0 Å². The van der Waals surface area contributed by atoms with Gasteiger partial charge in [0.2, 0.25) is 0 Å². The normalized spacial score (nSPS) is 11.1. The van der Waals surface area contributed by atoms with E-state index in [1.54, 1.807) is 36.4 Å². The van der Waals surface area contributed by atoms with E-state index in [-0.39, 0.29) is 10.6 Å². The van der Waals surface area contributed by atoms with Crippen molar-refractivity contribution < 1.29 is 22.5 Å². The Hall–Kier alpha value is -3.07.